The van der Waals surface area contributed by atoms with Crippen molar-refractivity contribution in [2.24, 2.45) is 0 Å². The highest BCUT2D eigenvalue weighted by Crippen LogP contribution is 2.36. The first-order chi connectivity index (χ1) is 18.6. The number of piperazine rings is 1. The van der Waals surface area contributed by atoms with Crippen LogP contribution in [0, 0.1) is 0 Å². The molecule has 4 amide bonds. The lowest BCUT2D eigenvalue weighted by Gasteiger charge is -2.32. The van der Waals surface area contributed by atoms with E-state index < -0.39 is 37.7 Å². The topological polar surface area (TPSA) is 123 Å². The third-order valence-electron chi connectivity index (χ3n) is 7.01. The first-order valence-electron chi connectivity index (χ1n) is 12.3. The summed E-state index contributed by atoms with van der Waals surface area (Å²) >= 11 is 0. The lowest BCUT2D eigenvalue weighted by molar-refractivity contribution is -0.123. The number of amides is 4. The van der Waals surface area contributed by atoms with E-state index in [1.54, 1.807) is 6.07 Å². The van der Waals surface area contributed by atoms with Gasteiger partial charge in [0.15, 0.2) is 0 Å². The SMILES string of the molecule is CN1CCN(CC(=O)Nc2cnccc2CN2C(=O)N(c3ccc(S(=O)(=O)C(F)(F)F)cc3)C(=O)C2(C)C)CC1. The molecule has 1 N–H and O–H groups in total. The van der Waals surface area contributed by atoms with Gasteiger partial charge in [0, 0.05) is 32.4 Å². The third-order valence-corrected chi connectivity index (χ3v) is 8.51. The molecule has 3 heterocycles. The Morgan fingerprint density at radius 1 is 1.05 bits per heavy atom. The van der Waals surface area contributed by atoms with Crippen LogP contribution >= 0.6 is 0 Å². The second-order valence-corrected chi connectivity index (χ2v) is 12.1. The van der Waals surface area contributed by atoms with E-state index in [1.807, 2.05) is 11.9 Å². The maximum absolute atomic E-state index is 13.4. The monoisotopic (exact) mass is 582 g/mol. The standard InChI is InChI=1S/C25H29F3N6O5S/c1-24(2)22(36)34(18-4-6-19(7-5-18)40(38,39)25(26,27)28)23(37)33(24)15-17-8-9-29-14-20(17)30-21(35)16-32-12-10-31(3)11-13-32/h4-9,14H,10-13,15-16H2,1-3H3,(H,30,35). The lowest BCUT2D eigenvalue weighted by atomic mass is 10.0. The summed E-state index contributed by atoms with van der Waals surface area (Å²) in [5, 5.41) is 2.83. The number of rotatable bonds is 7. The molecule has 40 heavy (non-hydrogen) atoms. The van der Waals surface area contributed by atoms with Crippen LogP contribution in [0.5, 0.6) is 0 Å². The number of carbonyl (C=O) groups is 3. The van der Waals surface area contributed by atoms with E-state index in [4.69, 9.17) is 0 Å². The molecule has 2 aliphatic rings. The molecule has 1 aromatic carbocycles. The zero-order valence-electron chi connectivity index (χ0n) is 22.1. The fourth-order valence-corrected chi connectivity index (χ4v) is 5.24. The Labute approximate surface area is 229 Å². The van der Waals surface area contributed by atoms with Crippen molar-refractivity contribution in [2.75, 3.05) is 50.0 Å². The van der Waals surface area contributed by atoms with Gasteiger partial charge in [-0.1, -0.05) is 0 Å². The molecule has 0 spiro atoms. The number of anilines is 2. The molecule has 4 rings (SSSR count). The van der Waals surface area contributed by atoms with Crippen LogP contribution in [-0.2, 0) is 26.0 Å². The molecule has 11 nitrogen and oxygen atoms in total. The number of nitrogens with one attached hydrogen (secondary N) is 1. The third kappa shape index (κ3) is 5.67. The number of alkyl halides is 3. The number of likely N-dealkylation sites (N-methyl/N-ethyl adjacent to an activating group) is 1. The molecular formula is C25H29F3N6O5S. The summed E-state index contributed by atoms with van der Waals surface area (Å²) in [6.45, 7) is 6.34. The van der Waals surface area contributed by atoms with Crippen molar-refractivity contribution in [1.82, 2.24) is 19.7 Å². The number of benzene rings is 1. The normalized spacial score (nSPS) is 18.9. The van der Waals surface area contributed by atoms with Gasteiger partial charge < -0.3 is 15.1 Å². The largest absolute Gasteiger partial charge is 0.501 e. The number of nitrogens with zero attached hydrogens (tertiary/aromatic N) is 5. The molecule has 15 heteroatoms. The number of imide groups is 1. The van der Waals surface area contributed by atoms with Gasteiger partial charge in [-0.25, -0.2) is 18.1 Å². The second-order valence-electron chi connectivity index (χ2n) is 10.2. The van der Waals surface area contributed by atoms with Crippen LogP contribution in [0.25, 0.3) is 0 Å². The van der Waals surface area contributed by atoms with Crippen LogP contribution in [0.2, 0.25) is 0 Å². The highest BCUT2D eigenvalue weighted by atomic mass is 32.2. The van der Waals surface area contributed by atoms with Crippen molar-refractivity contribution in [3.63, 3.8) is 0 Å². The minimum absolute atomic E-state index is 0.0814. The van der Waals surface area contributed by atoms with E-state index in [1.165, 1.54) is 31.1 Å². The van der Waals surface area contributed by atoms with Crippen LogP contribution in [0.15, 0.2) is 47.6 Å². The number of halogens is 3. The van der Waals surface area contributed by atoms with Gasteiger partial charge in [0.2, 0.25) is 5.91 Å². The van der Waals surface area contributed by atoms with Gasteiger partial charge in [-0.3, -0.25) is 19.5 Å². The van der Waals surface area contributed by atoms with Gasteiger partial charge in [0.05, 0.1) is 35.6 Å². The predicted molar refractivity (Wildman–Crippen MR) is 139 cm³/mol. The van der Waals surface area contributed by atoms with Crippen LogP contribution in [0.4, 0.5) is 29.3 Å². The van der Waals surface area contributed by atoms with Crippen LogP contribution in [-0.4, -0.2) is 96.8 Å². The summed E-state index contributed by atoms with van der Waals surface area (Å²) in [4.78, 5) is 48.7. The Bertz CT molecular complexity index is 1410. The van der Waals surface area contributed by atoms with E-state index in [9.17, 15) is 36.0 Å². The number of aromatic nitrogens is 1. The van der Waals surface area contributed by atoms with Gasteiger partial charge in [0.1, 0.15) is 5.54 Å². The Hall–Kier alpha value is -3.56. The van der Waals surface area contributed by atoms with E-state index in [2.05, 4.69) is 15.2 Å². The summed E-state index contributed by atoms with van der Waals surface area (Å²) in [5.41, 5.74) is -6.04. The average molecular weight is 583 g/mol. The van der Waals surface area contributed by atoms with Crippen molar-refractivity contribution in [3.8, 4) is 0 Å². The molecule has 216 valence electrons. The summed E-state index contributed by atoms with van der Waals surface area (Å²) in [6.07, 6.45) is 2.93. The Balaban J connectivity index is 1.52. The van der Waals surface area contributed by atoms with Crippen molar-refractivity contribution in [3.05, 3.63) is 48.3 Å². The summed E-state index contributed by atoms with van der Waals surface area (Å²) in [6, 6.07) is 4.21. The minimum atomic E-state index is -5.59. The molecule has 2 fully saturated rings. The summed E-state index contributed by atoms with van der Waals surface area (Å²) < 4.78 is 62.1. The molecular weight excluding hydrogens is 553 g/mol. The Kier molecular flexibility index (Phi) is 7.93. The second kappa shape index (κ2) is 10.8. The number of urea groups is 1. The molecule has 0 unspecified atom stereocenters. The van der Waals surface area contributed by atoms with Crippen molar-refractivity contribution < 1.29 is 36.0 Å². The molecule has 0 bridgehead atoms. The molecule has 2 saturated heterocycles. The Morgan fingerprint density at radius 2 is 1.68 bits per heavy atom. The maximum atomic E-state index is 13.4. The molecule has 2 aliphatic heterocycles. The highest BCUT2D eigenvalue weighted by molar-refractivity contribution is 7.92. The van der Waals surface area contributed by atoms with Gasteiger partial charge in [0.25, 0.3) is 15.7 Å². The van der Waals surface area contributed by atoms with Crippen molar-refractivity contribution in [1.29, 1.82) is 0 Å². The highest BCUT2D eigenvalue weighted by Gasteiger charge is 2.52. The van der Waals surface area contributed by atoms with Crippen molar-refractivity contribution in [2.45, 2.75) is 36.3 Å². The molecule has 0 radical (unpaired) electrons. The first-order valence-corrected chi connectivity index (χ1v) is 13.8. The van der Waals surface area contributed by atoms with Crippen LogP contribution < -0.4 is 10.2 Å². The molecule has 0 saturated carbocycles. The van der Waals surface area contributed by atoms with Crippen LogP contribution in [0.1, 0.15) is 19.4 Å². The number of carbonyl (C=O) groups excluding carboxylic acids is 3. The van der Waals surface area contributed by atoms with E-state index >= 15 is 0 Å². The molecule has 2 aromatic rings. The van der Waals surface area contributed by atoms with E-state index in [0.29, 0.717) is 23.4 Å². The van der Waals surface area contributed by atoms with Gasteiger partial charge >= 0.3 is 11.5 Å². The number of sulfone groups is 1. The smallest absolute Gasteiger partial charge is 0.323 e. The average Bonchev–Trinajstić information content (AvgIpc) is 3.05. The summed E-state index contributed by atoms with van der Waals surface area (Å²) in [5.74, 6) is -0.906. The zero-order chi connectivity index (χ0) is 29.5. The molecule has 0 atom stereocenters. The number of hydrogen-bond acceptors (Lipinski definition) is 8. The minimum Gasteiger partial charge on any atom is -0.323 e. The fraction of sp³-hybridized carbons (Fsp3) is 0.440. The van der Waals surface area contributed by atoms with Crippen molar-refractivity contribution >= 4 is 39.1 Å². The molecule has 0 aliphatic carbocycles. The zero-order valence-corrected chi connectivity index (χ0v) is 22.9. The first kappa shape index (κ1) is 29.4. The lowest BCUT2D eigenvalue weighted by Crippen LogP contribution is -2.47. The summed E-state index contributed by atoms with van der Waals surface area (Å²) in [7, 11) is -3.58. The Morgan fingerprint density at radius 3 is 2.27 bits per heavy atom. The van der Waals surface area contributed by atoms with Crippen LogP contribution in [0.3, 0.4) is 0 Å². The predicted octanol–water partition coefficient (Wildman–Crippen LogP) is 2.31. The van der Waals surface area contributed by atoms with E-state index in [0.717, 1.165) is 43.2 Å². The van der Waals surface area contributed by atoms with E-state index in [-0.39, 0.29) is 24.7 Å². The number of pyridine rings is 1. The van der Waals surface area contributed by atoms with Gasteiger partial charge in [-0.2, -0.15) is 13.2 Å². The number of hydrogen-bond donors (Lipinski definition) is 1. The molecule has 1 aromatic heterocycles. The maximum Gasteiger partial charge on any atom is 0.501 e. The van der Waals surface area contributed by atoms with Gasteiger partial charge in [-0.05, 0) is 56.8 Å². The quantitative estimate of drug-likeness (QED) is 0.494. The van der Waals surface area contributed by atoms with Gasteiger partial charge in [-0.15, -0.1) is 0 Å². The fourth-order valence-electron chi connectivity index (χ4n) is 4.48.